The molecule has 0 aromatic heterocycles. The lowest BCUT2D eigenvalue weighted by atomic mass is 10.1. The van der Waals surface area contributed by atoms with E-state index in [1.165, 1.54) is 0 Å². The summed E-state index contributed by atoms with van der Waals surface area (Å²) in [4.78, 5) is 56.9. The molecule has 0 aliphatic rings. The van der Waals surface area contributed by atoms with Gasteiger partial charge >= 0.3 is 30.0 Å². The maximum Gasteiger partial charge on any atom is 0.326 e. The van der Waals surface area contributed by atoms with Gasteiger partial charge in [-0.15, -0.1) is 6.42 Å². The lowest BCUT2D eigenvalue weighted by molar-refractivity contribution is -0.140. The summed E-state index contributed by atoms with van der Waals surface area (Å²) in [7, 11) is 0. The Bertz CT molecular complexity index is 912. The molecule has 0 saturated carbocycles. The SMILES string of the molecule is C#Cc1cccc(NC(=O)NCCCC[C@H](NC(=O)N[C@@H](CCC(=O)O)C(=O)O)C(=O)O)c1. The Balaban J connectivity index is 2.39. The number of amides is 4. The number of carboxylic acid groups (broad SMARTS) is 3. The Morgan fingerprint density at radius 3 is 2.12 bits per heavy atom. The van der Waals surface area contributed by atoms with Crippen molar-refractivity contribution in [2.75, 3.05) is 11.9 Å². The van der Waals surface area contributed by atoms with Crippen LogP contribution in [0.3, 0.4) is 0 Å². The number of urea groups is 2. The second-order valence-electron chi connectivity index (χ2n) is 6.93. The van der Waals surface area contributed by atoms with Crippen LogP contribution in [0.4, 0.5) is 15.3 Å². The molecule has 33 heavy (non-hydrogen) atoms. The Kier molecular flexibility index (Phi) is 11.3. The molecular weight excluding hydrogens is 436 g/mol. The second-order valence-corrected chi connectivity index (χ2v) is 6.93. The van der Waals surface area contributed by atoms with Crippen LogP contribution >= 0.6 is 0 Å². The average molecular weight is 462 g/mol. The van der Waals surface area contributed by atoms with E-state index in [0.717, 1.165) is 0 Å². The highest BCUT2D eigenvalue weighted by Gasteiger charge is 2.24. The highest BCUT2D eigenvalue weighted by atomic mass is 16.4. The smallest absolute Gasteiger partial charge is 0.326 e. The number of rotatable bonds is 13. The molecule has 0 spiro atoms. The van der Waals surface area contributed by atoms with E-state index in [9.17, 15) is 29.1 Å². The first-order valence-electron chi connectivity index (χ1n) is 9.98. The van der Waals surface area contributed by atoms with E-state index in [2.05, 4.69) is 27.2 Å². The number of terminal acetylenes is 1. The summed E-state index contributed by atoms with van der Waals surface area (Å²) in [6.45, 7) is 0.246. The fraction of sp³-hybridized carbons (Fsp3) is 0.381. The van der Waals surface area contributed by atoms with Crippen molar-refractivity contribution in [3.05, 3.63) is 29.8 Å². The fourth-order valence-corrected chi connectivity index (χ4v) is 2.68. The molecule has 2 atom stereocenters. The molecule has 0 bridgehead atoms. The van der Waals surface area contributed by atoms with Gasteiger partial charge in [-0.1, -0.05) is 12.0 Å². The number of aliphatic carboxylic acids is 3. The van der Waals surface area contributed by atoms with Crippen molar-refractivity contribution in [2.45, 2.75) is 44.2 Å². The molecule has 4 amide bonds. The van der Waals surface area contributed by atoms with Gasteiger partial charge in [-0.05, 0) is 43.9 Å². The van der Waals surface area contributed by atoms with Crippen LogP contribution < -0.4 is 21.3 Å². The van der Waals surface area contributed by atoms with Gasteiger partial charge in [-0.3, -0.25) is 4.79 Å². The lowest BCUT2D eigenvalue weighted by Crippen LogP contribution is -2.51. The van der Waals surface area contributed by atoms with Crippen molar-refractivity contribution < 1.29 is 39.3 Å². The number of unbranched alkanes of at least 4 members (excludes halogenated alkanes) is 1. The third kappa shape index (κ3) is 11.1. The van der Waals surface area contributed by atoms with Crippen LogP contribution in [0, 0.1) is 12.3 Å². The minimum atomic E-state index is -1.47. The molecule has 1 aromatic rings. The zero-order chi connectivity index (χ0) is 24.8. The van der Waals surface area contributed by atoms with Gasteiger partial charge in [0.1, 0.15) is 12.1 Å². The number of carbonyl (C=O) groups excluding carboxylic acids is 2. The number of hydrogen-bond acceptors (Lipinski definition) is 5. The molecular formula is C21H26N4O8. The van der Waals surface area contributed by atoms with Gasteiger partial charge in [-0.25, -0.2) is 19.2 Å². The molecule has 178 valence electrons. The van der Waals surface area contributed by atoms with Gasteiger partial charge in [0.15, 0.2) is 0 Å². The van der Waals surface area contributed by atoms with Gasteiger partial charge in [0.05, 0.1) is 0 Å². The molecule has 0 fully saturated rings. The summed E-state index contributed by atoms with van der Waals surface area (Å²) in [6.07, 6.45) is 5.26. The number of nitrogens with one attached hydrogen (secondary N) is 4. The summed E-state index contributed by atoms with van der Waals surface area (Å²) >= 11 is 0. The maximum absolute atomic E-state index is 11.9. The monoisotopic (exact) mass is 462 g/mol. The maximum atomic E-state index is 11.9. The summed E-state index contributed by atoms with van der Waals surface area (Å²) in [5.41, 5.74) is 1.13. The first kappa shape index (κ1) is 26.8. The molecule has 12 heteroatoms. The number of carboxylic acids is 3. The number of benzene rings is 1. The zero-order valence-electron chi connectivity index (χ0n) is 17.7. The lowest BCUT2D eigenvalue weighted by Gasteiger charge is -2.18. The Morgan fingerprint density at radius 2 is 1.55 bits per heavy atom. The minimum Gasteiger partial charge on any atom is -0.481 e. The third-order valence-electron chi connectivity index (χ3n) is 4.35. The van der Waals surface area contributed by atoms with Crippen molar-refractivity contribution in [3.63, 3.8) is 0 Å². The molecule has 0 aliphatic carbocycles. The average Bonchev–Trinajstić information content (AvgIpc) is 2.75. The first-order valence-corrected chi connectivity index (χ1v) is 9.98. The Morgan fingerprint density at radius 1 is 0.909 bits per heavy atom. The van der Waals surface area contributed by atoms with Crippen LogP contribution in [0.1, 0.15) is 37.7 Å². The largest absolute Gasteiger partial charge is 0.481 e. The van der Waals surface area contributed by atoms with E-state index in [1.807, 2.05) is 0 Å². The van der Waals surface area contributed by atoms with Crippen molar-refractivity contribution in [1.82, 2.24) is 16.0 Å². The van der Waals surface area contributed by atoms with Crippen molar-refractivity contribution >= 4 is 35.7 Å². The standard InChI is InChI=1S/C21H26N4O8/c1-2-13-6-5-7-14(12-13)23-20(32)22-11-4-3-8-15(18(28)29)24-21(33)25-16(19(30)31)9-10-17(26)27/h1,5-7,12,15-16H,3-4,8-11H2,(H,26,27)(H,28,29)(H,30,31)(H2,22,23,32)(H2,24,25,33)/t15-,16-/m0/s1. The van der Waals surface area contributed by atoms with Crippen LogP contribution in [0.2, 0.25) is 0 Å². The van der Waals surface area contributed by atoms with Crippen LogP contribution in [0.15, 0.2) is 24.3 Å². The zero-order valence-corrected chi connectivity index (χ0v) is 17.7. The number of hydrogen-bond donors (Lipinski definition) is 7. The normalized spacial score (nSPS) is 11.8. The fourth-order valence-electron chi connectivity index (χ4n) is 2.68. The summed E-state index contributed by atoms with van der Waals surface area (Å²) in [5, 5.41) is 36.4. The molecule has 0 saturated heterocycles. The van der Waals surface area contributed by atoms with E-state index >= 15 is 0 Å². The summed E-state index contributed by atoms with van der Waals surface area (Å²) in [5.74, 6) is -1.53. The first-order chi connectivity index (χ1) is 15.6. The predicted octanol–water partition coefficient (Wildman–Crippen LogP) is 1.03. The van der Waals surface area contributed by atoms with Gasteiger partial charge in [-0.2, -0.15) is 0 Å². The minimum absolute atomic E-state index is 0.0309. The second kappa shape index (κ2) is 13.9. The van der Waals surface area contributed by atoms with E-state index in [1.54, 1.807) is 24.3 Å². The van der Waals surface area contributed by atoms with Crippen LogP contribution in [0.25, 0.3) is 0 Å². The molecule has 1 aromatic carbocycles. The molecule has 0 radical (unpaired) electrons. The van der Waals surface area contributed by atoms with Gasteiger partial charge in [0.25, 0.3) is 0 Å². The van der Waals surface area contributed by atoms with Crippen LogP contribution in [-0.2, 0) is 14.4 Å². The quantitative estimate of drug-likeness (QED) is 0.167. The van der Waals surface area contributed by atoms with Crippen molar-refractivity contribution in [1.29, 1.82) is 0 Å². The summed E-state index contributed by atoms with van der Waals surface area (Å²) < 4.78 is 0. The summed E-state index contributed by atoms with van der Waals surface area (Å²) in [6, 6.07) is 2.46. The molecule has 1 rings (SSSR count). The van der Waals surface area contributed by atoms with Gasteiger partial charge < -0.3 is 36.6 Å². The molecule has 0 unspecified atom stereocenters. The number of carbonyl (C=O) groups is 5. The molecule has 7 N–H and O–H groups in total. The Hall–Kier alpha value is -4.27. The van der Waals surface area contributed by atoms with Crippen molar-refractivity contribution in [3.8, 4) is 12.3 Å². The highest BCUT2D eigenvalue weighted by molar-refractivity contribution is 5.89. The molecule has 0 aliphatic heterocycles. The Labute approximate surface area is 189 Å². The van der Waals surface area contributed by atoms with Gasteiger partial charge in [0.2, 0.25) is 0 Å². The van der Waals surface area contributed by atoms with Gasteiger partial charge in [0, 0.05) is 24.2 Å². The van der Waals surface area contributed by atoms with E-state index < -0.39 is 48.5 Å². The van der Waals surface area contributed by atoms with Crippen LogP contribution in [0.5, 0.6) is 0 Å². The van der Waals surface area contributed by atoms with Crippen LogP contribution in [-0.4, -0.2) is 63.9 Å². The predicted molar refractivity (Wildman–Crippen MR) is 117 cm³/mol. The molecule has 0 heterocycles. The highest BCUT2D eigenvalue weighted by Crippen LogP contribution is 2.09. The van der Waals surface area contributed by atoms with E-state index in [0.29, 0.717) is 24.1 Å². The number of anilines is 1. The van der Waals surface area contributed by atoms with E-state index in [-0.39, 0.29) is 19.4 Å². The van der Waals surface area contributed by atoms with Crippen molar-refractivity contribution in [2.24, 2.45) is 0 Å². The van der Waals surface area contributed by atoms with E-state index in [4.69, 9.17) is 16.6 Å². The third-order valence-corrected chi connectivity index (χ3v) is 4.35. The molecule has 12 nitrogen and oxygen atoms in total. The topological polar surface area (TPSA) is 194 Å².